The van der Waals surface area contributed by atoms with E-state index in [1.807, 2.05) is 6.07 Å². The standard InChI is InChI=1S/C14H14BrNO3/c1-18-11-7-6-9(14(19-2)12(11)15)13(17)10-5-3-4-8-16-10/h3-8,13,17H,1-2H3. The number of aliphatic hydroxyl groups is 1. The van der Waals surface area contributed by atoms with Gasteiger partial charge < -0.3 is 14.6 Å². The Morgan fingerprint density at radius 3 is 2.53 bits per heavy atom. The quantitative estimate of drug-likeness (QED) is 0.939. The van der Waals surface area contributed by atoms with Gasteiger partial charge in [-0.2, -0.15) is 0 Å². The van der Waals surface area contributed by atoms with E-state index in [2.05, 4.69) is 20.9 Å². The molecule has 0 bridgehead atoms. The molecule has 0 saturated carbocycles. The first-order valence-electron chi connectivity index (χ1n) is 5.68. The fourth-order valence-corrected chi connectivity index (χ4v) is 2.52. The number of benzene rings is 1. The summed E-state index contributed by atoms with van der Waals surface area (Å²) in [5.74, 6) is 1.19. The van der Waals surface area contributed by atoms with Crippen molar-refractivity contribution in [3.05, 3.63) is 52.3 Å². The predicted molar refractivity (Wildman–Crippen MR) is 75.5 cm³/mol. The highest BCUT2D eigenvalue weighted by molar-refractivity contribution is 9.10. The second-order valence-corrected chi connectivity index (χ2v) is 4.65. The molecule has 2 aromatic rings. The van der Waals surface area contributed by atoms with Gasteiger partial charge in [-0.3, -0.25) is 4.98 Å². The Bertz CT molecular complexity index is 560. The number of hydrogen-bond donors (Lipinski definition) is 1. The number of halogens is 1. The van der Waals surface area contributed by atoms with Crippen LogP contribution in [-0.2, 0) is 0 Å². The van der Waals surface area contributed by atoms with Crippen LogP contribution in [0.2, 0.25) is 0 Å². The van der Waals surface area contributed by atoms with Gasteiger partial charge in [-0.15, -0.1) is 0 Å². The van der Waals surface area contributed by atoms with Gasteiger partial charge in [0.05, 0.1) is 19.9 Å². The number of pyridine rings is 1. The number of aliphatic hydroxyl groups excluding tert-OH is 1. The van der Waals surface area contributed by atoms with Crippen molar-refractivity contribution in [2.45, 2.75) is 6.10 Å². The number of hydrogen-bond acceptors (Lipinski definition) is 4. The smallest absolute Gasteiger partial charge is 0.143 e. The van der Waals surface area contributed by atoms with Gasteiger partial charge in [0.2, 0.25) is 0 Å². The SMILES string of the molecule is COc1ccc(C(O)c2ccccn2)c(OC)c1Br. The molecule has 1 atom stereocenters. The molecule has 4 nitrogen and oxygen atoms in total. The van der Waals surface area contributed by atoms with Crippen molar-refractivity contribution in [3.8, 4) is 11.5 Å². The zero-order valence-electron chi connectivity index (χ0n) is 10.6. The molecule has 2 rings (SSSR count). The number of rotatable bonds is 4. The summed E-state index contributed by atoms with van der Waals surface area (Å²) in [5, 5.41) is 10.4. The summed E-state index contributed by atoms with van der Waals surface area (Å²) in [7, 11) is 3.13. The highest BCUT2D eigenvalue weighted by Gasteiger charge is 2.20. The van der Waals surface area contributed by atoms with E-state index in [-0.39, 0.29) is 0 Å². The van der Waals surface area contributed by atoms with Crippen molar-refractivity contribution in [1.82, 2.24) is 4.98 Å². The van der Waals surface area contributed by atoms with Crippen LogP contribution in [-0.4, -0.2) is 24.3 Å². The molecule has 1 aromatic carbocycles. The van der Waals surface area contributed by atoms with Crippen LogP contribution in [0.25, 0.3) is 0 Å². The number of ether oxygens (including phenoxy) is 2. The number of aromatic nitrogens is 1. The largest absolute Gasteiger partial charge is 0.495 e. The van der Waals surface area contributed by atoms with Crippen molar-refractivity contribution in [3.63, 3.8) is 0 Å². The van der Waals surface area contributed by atoms with Crippen LogP contribution in [0.4, 0.5) is 0 Å². The van der Waals surface area contributed by atoms with Crippen LogP contribution < -0.4 is 9.47 Å². The Balaban J connectivity index is 2.48. The van der Waals surface area contributed by atoms with Gasteiger partial charge in [-0.1, -0.05) is 6.07 Å². The second kappa shape index (κ2) is 6.04. The minimum atomic E-state index is -0.849. The lowest BCUT2D eigenvalue weighted by Gasteiger charge is -2.17. The van der Waals surface area contributed by atoms with E-state index in [9.17, 15) is 5.11 Å². The third-order valence-corrected chi connectivity index (χ3v) is 3.53. The van der Waals surface area contributed by atoms with Gasteiger partial charge in [0.15, 0.2) is 0 Å². The minimum absolute atomic E-state index is 0.539. The van der Waals surface area contributed by atoms with E-state index >= 15 is 0 Å². The Kier molecular flexibility index (Phi) is 4.39. The summed E-state index contributed by atoms with van der Waals surface area (Å²) in [6.07, 6.45) is 0.794. The highest BCUT2D eigenvalue weighted by Crippen LogP contribution is 2.40. The second-order valence-electron chi connectivity index (χ2n) is 3.86. The molecule has 1 unspecified atom stereocenters. The Morgan fingerprint density at radius 1 is 1.16 bits per heavy atom. The molecule has 0 radical (unpaired) electrons. The van der Waals surface area contributed by atoms with E-state index in [1.165, 1.54) is 0 Å². The van der Waals surface area contributed by atoms with E-state index in [4.69, 9.17) is 9.47 Å². The molecule has 0 aliphatic carbocycles. The fourth-order valence-electron chi connectivity index (χ4n) is 1.83. The maximum Gasteiger partial charge on any atom is 0.143 e. The van der Waals surface area contributed by atoms with Gasteiger partial charge in [0.25, 0.3) is 0 Å². The topological polar surface area (TPSA) is 51.6 Å². The predicted octanol–water partition coefficient (Wildman–Crippen LogP) is 2.94. The maximum atomic E-state index is 10.4. The maximum absolute atomic E-state index is 10.4. The molecule has 100 valence electrons. The Morgan fingerprint density at radius 2 is 1.95 bits per heavy atom. The Labute approximate surface area is 120 Å². The van der Waals surface area contributed by atoms with Gasteiger partial charge in [-0.05, 0) is 40.2 Å². The normalized spacial score (nSPS) is 12.0. The van der Waals surface area contributed by atoms with Crippen molar-refractivity contribution in [2.75, 3.05) is 14.2 Å². The van der Waals surface area contributed by atoms with Crippen LogP contribution >= 0.6 is 15.9 Å². The zero-order chi connectivity index (χ0) is 13.8. The molecule has 0 saturated heterocycles. The summed E-state index contributed by atoms with van der Waals surface area (Å²) in [6.45, 7) is 0. The van der Waals surface area contributed by atoms with Crippen LogP contribution in [0.1, 0.15) is 17.4 Å². The molecule has 19 heavy (non-hydrogen) atoms. The van der Waals surface area contributed by atoms with E-state index in [0.29, 0.717) is 27.2 Å². The lowest BCUT2D eigenvalue weighted by Crippen LogP contribution is -2.05. The lowest BCUT2D eigenvalue weighted by molar-refractivity contribution is 0.209. The van der Waals surface area contributed by atoms with Gasteiger partial charge in [-0.25, -0.2) is 0 Å². The molecule has 0 amide bonds. The van der Waals surface area contributed by atoms with Gasteiger partial charge in [0.1, 0.15) is 22.1 Å². The summed E-state index contributed by atoms with van der Waals surface area (Å²) in [6, 6.07) is 8.94. The van der Waals surface area contributed by atoms with E-state index < -0.39 is 6.10 Å². The first kappa shape index (κ1) is 13.8. The summed E-state index contributed by atoms with van der Waals surface area (Å²) in [5.41, 5.74) is 1.20. The monoisotopic (exact) mass is 323 g/mol. The van der Waals surface area contributed by atoms with Crippen molar-refractivity contribution in [1.29, 1.82) is 0 Å². The van der Waals surface area contributed by atoms with Gasteiger partial charge in [0, 0.05) is 11.8 Å². The van der Waals surface area contributed by atoms with Crippen LogP contribution in [0.5, 0.6) is 11.5 Å². The minimum Gasteiger partial charge on any atom is -0.495 e. The van der Waals surface area contributed by atoms with Crippen LogP contribution in [0.3, 0.4) is 0 Å². The molecule has 1 N–H and O–H groups in total. The average Bonchev–Trinajstić information content (AvgIpc) is 2.47. The molecule has 1 aromatic heterocycles. The average molecular weight is 324 g/mol. The Hall–Kier alpha value is -1.59. The van der Waals surface area contributed by atoms with Crippen LogP contribution in [0.15, 0.2) is 41.0 Å². The van der Waals surface area contributed by atoms with E-state index in [1.54, 1.807) is 44.7 Å². The molecule has 1 heterocycles. The third kappa shape index (κ3) is 2.72. The highest BCUT2D eigenvalue weighted by atomic mass is 79.9. The summed E-state index contributed by atoms with van der Waals surface area (Å²) >= 11 is 3.41. The fraction of sp³-hybridized carbons (Fsp3) is 0.214. The first-order valence-corrected chi connectivity index (χ1v) is 6.47. The molecule has 0 aliphatic heterocycles. The molecule has 0 fully saturated rings. The molecular formula is C14H14BrNO3. The van der Waals surface area contributed by atoms with E-state index in [0.717, 1.165) is 0 Å². The molecule has 0 spiro atoms. The number of methoxy groups -OCH3 is 2. The third-order valence-electron chi connectivity index (χ3n) is 2.78. The zero-order valence-corrected chi connectivity index (χ0v) is 12.2. The van der Waals surface area contributed by atoms with Gasteiger partial charge >= 0.3 is 0 Å². The lowest BCUT2D eigenvalue weighted by atomic mass is 10.0. The summed E-state index contributed by atoms with van der Waals surface area (Å²) in [4.78, 5) is 4.15. The van der Waals surface area contributed by atoms with Crippen LogP contribution in [0, 0.1) is 0 Å². The molecular weight excluding hydrogens is 310 g/mol. The molecule has 0 aliphatic rings. The number of nitrogens with zero attached hydrogens (tertiary/aromatic N) is 1. The van der Waals surface area contributed by atoms with Crippen molar-refractivity contribution >= 4 is 15.9 Å². The van der Waals surface area contributed by atoms with Crippen molar-refractivity contribution in [2.24, 2.45) is 0 Å². The first-order chi connectivity index (χ1) is 9.19. The van der Waals surface area contributed by atoms with Crippen molar-refractivity contribution < 1.29 is 14.6 Å². The summed E-state index contributed by atoms with van der Waals surface area (Å²) < 4.78 is 11.2. The molecule has 5 heteroatoms.